The van der Waals surface area contributed by atoms with E-state index in [4.69, 9.17) is 9.26 Å². The van der Waals surface area contributed by atoms with Gasteiger partial charge in [-0.2, -0.15) is 0 Å². The molecule has 0 heterocycles. The van der Waals surface area contributed by atoms with Crippen molar-refractivity contribution in [3.05, 3.63) is 164 Å². The van der Waals surface area contributed by atoms with Gasteiger partial charge in [-0.3, -0.25) is 4.67 Å². The van der Waals surface area contributed by atoms with Gasteiger partial charge in [0.2, 0.25) is 0 Å². The van der Waals surface area contributed by atoms with Crippen LogP contribution in [0.4, 0.5) is 0 Å². The highest BCUT2D eigenvalue weighted by Gasteiger charge is 2.34. The molecule has 0 spiro atoms. The van der Waals surface area contributed by atoms with Gasteiger partial charge in [-0.15, -0.1) is 0 Å². The molecular weight excluding hydrogens is 612 g/mol. The first kappa shape index (κ1) is 31.7. The lowest BCUT2D eigenvalue weighted by Gasteiger charge is -2.39. The molecule has 0 radical (unpaired) electrons. The maximum atomic E-state index is 7.38. The molecule has 1 atom stereocenters. The van der Waals surface area contributed by atoms with Gasteiger partial charge in [0.1, 0.15) is 18.5 Å². The zero-order valence-electron chi connectivity index (χ0n) is 26.6. The van der Waals surface area contributed by atoms with Crippen molar-refractivity contribution in [2.75, 3.05) is 13.2 Å². The summed E-state index contributed by atoms with van der Waals surface area (Å²) in [5, 5.41) is 7.49. The average Bonchev–Trinajstić information content (AvgIpc) is 3.69. The zero-order valence-corrected chi connectivity index (χ0v) is 28.4. The van der Waals surface area contributed by atoms with E-state index in [1.165, 1.54) is 52.3 Å². The number of hydrogen-bond acceptors (Lipinski definition) is 3. The molecule has 0 amide bonds. The van der Waals surface area contributed by atoms with Crippen molar-refractivity contribution in [2.24, 2.45) is 0 Å². The van der Waals surface area contributed by atoms with Gasteiger partial charge in [0, 0.05) is 36.7 Å². The monoisotopic (exact) mass is 653 g/mol. The summed E-state index contributed by atoms with van der Waals surface area (Å²) in [6.07, 6.45) is 4.79. The van der Waals surface area contributed by atoms with Gasteiger partial charge in [-0.05, 0) is 34.9 Å². The van der Waals surface area contributed by atoms with Gasteiger partial charge >= 0.3 is 0 Å². The van der Waals surface area contributed by atoms with Gasteiger partial charge in [0.05, 0.1) is 8.15 Å². The quantitative estimate of drug-likeness (QED) is 0.116. The molecule has 0 aromatic heterocycles. The first-order valence-electron chi connectivity index (χ1n) is 16.7. The van der Waals surface area contributed by atoms with E-state index in [0.717, 1.165) is 17.7 Å². The predicted molar refractivity (Wildman–Crippen MR) is 201 cm³/mol. The summed E-state index contributed by atoms with van der Waals surface area (Å²) in [7, 11) is -1.85. The Morgan fingerprint density at radius 2 is 1.04 bits per heavy atom. The van der Waals surface area contributed by atoms with Crippen molar-refractivity contribution in [3.63, 3.8) is 0 Å². The van der Waals surface area contributed by atoms with Crippen molar-refractivity contribution in [1.82, 2.24) is 4.67 Å². The molecule has 1 aliphatic rings. The minimum atomic E-state index is -1.08. The van der Waals surface area contributed by atoms with Crippen molar-refractivity contribution in [1.29, 1.82) is 0 Å². The van der Waals surface area contributed by atoms with E-state index in [1.807, 2.05) is 0 Å². The minimum absolute atomic E-state index is 0.168. The first-order chi connectivity index (χ1) is 23.3. The summed E-state index contributed by atoms with van der Waals surface area (Å²) in [6.45, 7) is 1.24. The number of nitrogens with zero attached hydrogens (tertiary/aromatic N) is 1. The molecule has 236 valence electrons. The second-order valence-corrected chi connectivity index (χ2v) is 16.0. The number of benzene rings is 6. The lowest BCUT2D eigenvalue weighted by Crippen LogP contribution is -2.43. The molecule has 1 saturated carbocycles. The van der Waals surface area contributed by atoms with Crippen LogP contribution in [-0.2, 0) is 4.52 Å². The Hall–Kier alpha value is -3.84. The van der Waals surface area contributed by atoms with Gasteiger partial charge in [-0.1, -0.05) is 171 Å². The predicted octanol–water partition coefficient (Wildman–Crippen LogP) is 8.94. The molecule has 5 heteroatoms. The second kappa shape index (κ2) is 15.8. The van der Waals surface area contributed by atoms with Crippen molar-refractivity contribution in [2.45, 2.75) is 37.8 Å². The van der Waals surface area contributed by atoms with Crippen LogP contribution >= 0.6 is 16.2 Å². The number of ether oxygens (including phenoxy) is 1. The highest BCUT2D eigenvalue weighted by Crippen LogP contribution is 2.45. The molecule has 0 aliphatic heterocycles. The number of fused-ring (bicyclic) bond motifs is 1. The highest BCUT2D eigenvalue weighted by atomic mass is 31.1. The van der Waals surface area contributed by atoms with Crippen LogP contribution in [0.3, 0.4) is 0 Å². The van der Waals surface area contributed by atoms with Gasteiger partial charge in [0.25, 0.3) is 0 Å². The molecule has 0 saturated heterocycles. The maximum Gasteiger partial charge on any atom is 0.127 e. The zero-order chi connectivity index (χ0) is 31.7. The normalized spacial score (nSPS) is 14.3. The largest absolute Gasteiger partial charge is 0.490 e. The van der Waals surface area contributed by atoms with Crippen molar-refractivity contribution < 1.29 is 9.26 Å². The van der Waals surface area contributed by atoms with Crippen LogP contribution in [0.15, 0.2) is 164 Å². The smallest absolute Gasteiger partial charge is 0.127 e. The van der Waals surface area contributed by atoms with Crippen LogP contribution in [0.1, 0.15) is 25.7 Å². The average molecular weight is 654 g/mol. The molecule has 0 N–H and O–H groups in total. The summed E-state index contributed by atoms with van der Waals surface area (Å²) in [6, 6.07) is 59.0. The molecular formula is C42H41NO2P2. The van der Waals surface area contributed by atoms with Crippen LogP contribution in [0.2, 0.25) is 0 Å². The first-order valence-corrected chi connectivity index (χ1v) is 19.2. The molecule has 1 fully saturated rings. The Morgan fingerprint density at radius 1 is 0.553 bits per heavy atom. The fourth-order valence-corrected chi connectivity index (χ4v) is 11.1. The molecule has 3 nitrogen and oxygen atoms in total. The van der Waals surface area contributed by atoms with E-state index in [2.05, 4.69) is 168 Å². The van der Waals surface area contributed by atoms with E-state index in [1.54, 1.807) is 0 Å². The summed E-state index contributed by atoms with van der Waals surface area (Å²) < 4.78 is 17.0. The molecule has 47 heavy (non-hydrogen) atoms. The summed E-state index contributed by atoms with van der Waals surface area (Å²) in [4.78, 5) is 0. The lowest BCUT2D eigenvalue weighted by molar-refractivity contribution is 0.117. The molecule has 1 aliphatic carbocycles. The van der Waals surface area contributed by atoms with E-state index in [0.29, 0.717) is 12.6 Å². The molecule has 0 bridgehead atoms. The number of rotatable bonds is 13. The minimum Gasteiger partial charge on any atom is -0.490 e. The van der Waals surface area contributed by atoms with Crippen molar-refractivity contribution >= 4 is 48.2 Å². The van der Waals surface area contributed by atoms with Gasteiger partial charge in [0.15, 0.2) is 0 Å². The van der Waals surface area contributed by atoms with Gasteiger partial charge in [-0.25, -0.2) is 0 Å². The Bertz CT molecular complexity index is 1730. The van der Waals surface area contributed by atoms with Crippen molar-refractivity contribution in [3.8, 4) is 5.75 Å². The van der Waals surface area contributed by atoms with Crippen LogP contribution in [0.25, 0.3) is 10.8 Å². The topological polar surface area (TPSA) is 21.7 Å². The summed E-state index contributed by atoms with van der Waals surface area (Å²) >= 11 is 0. The SMILES string of the molecule is c1ccc(P(O[C@H](COc2cccc3ccccc23)CN(C2CCCC2)P(c2ccccc2)c2ccccc2)c2ccccc2)cc1. The van der Waals surface area contributed by atoms with E-state index >= 15 is 0 Å². The molecule has 7 rings (SSSR count). The lowest BCUT2D eigenvalue weighted by atomic mass is 10.1. The summed E-state index contributed by atoms with van der Waals surface area (Å²) in [5.41, 5.74) is 0. The Kier molecular flexibility index (Phi) is 10.7. The van der Waals surface area contributed by atoms with Crippen LogP contribution < -0.4 is 26.0 Å². The Balaban J connectivity index is 1.28. The van der Waals surface area contributed by atoms with Gasteiger partial charge < -0.3 is 9.26 Å². The van der Waals surface area contributed by atoms with E-state index in [9.17, 15) is 0 Å². The Labute approximate surface area is 281 Å². The second-order valence-electron chi connectivity index (χ2n) is 12.0. The molecule has 6 aromatic carbocycles. The maximum absolute atomic E-state index is 7.38. The van der Waals surface area contributed by atoms with E-state index in [-0.39, 0.29) is 6.10 Å². The Morgan fingerprint density at radius 3 is 1.62 bits per heavy atom. The third-order valence-electron chi connectivity index (χ3n) is 8.81. The highest BCUT2D eigenvalue weighted by molar-refractivity contribution is 7.70. The third kappa shape index (κ3) is 7.83. The fourth-order valence-electron chi connectivity index (χ4n) is 6.56. The fraction of sp³-hybridized carbons (Fsp3) is 0.190. The number of hydrogen-bond donors (Lipinski definition) is 0. The third-order valence-corrected chi connectivity index (χ3v) is 13.4. The van der Waals surface area contributed by atoms with Crippen LogP contribution in [0.5, 0.6) is 5.75 Å². The molecule has 0 unspecified atom stereocenters. The van der Waals surface area contributed by atoms with Crippen LogP contribution in [0, 0.1) is 0 Å². The van der Waals surface area contributed by atoms with E-state index < -0.39 is 16.2 Å². The van der Waals surface area contributed by atoms with Crippen LogP contribution in [-0.4, -0.2) is 30.0 Å². The molecule has 6 aromatic rings. The standard InChI is InChI=1S/C42H41NO2P2/c1-5-22-37(23-6-1)46(38-24-7-2-8-25-38)43(35-20-14-15-21-35)32-36(33-44-42-31-17-19-34-18-13-16-30-41(34)42)45-47(39-26-9-3-10-27-39)40-28-11-4-12-29-40/h1-13,16-19,22-31,35-36H,14-15,20-21,32-33H2/t36-/m0/s1. The summed E-state index contributed by atoms with van der Waals surface area (Å²) in [5.74, 6) is 0.904.